The van der Waals surface area contributed by atoms with Crippen molar-refractivity contribution >= 4 is 28.7 Å². The Morgan fingerprint density at radius 2 is 1.62 bits per heavy atom. The molecule has 2 atom stereocenters. The van der Waals surface area contributed by atoms with Gasteiger partial charge in [-0.1, -0.05) is 60.7 Å². The predicted molar refractivity (Wildman–Crippen MR) is 195 cm³/mol. The van der Waals surface area contributed by atoms with Gasteiger partial charge in [-0.25, -0.2) is 4.79 Å². The molecule has 53 heavy (non-hydrogen) atoms. The number of phenols is 1. The number of aliphatic hydroxyl groups is 2. The number of ether oxygens (including phenoxy) is 1. The number of aromatic hydroxyl groups is 1. The van der Waals surface area contributed by atoms with Gasteiger partial charge in [0, 0.05) is 54.8 Å². The topological polar surface area (TPSA) is 202 Å². The number of carbonyl (C=O) groups is 3. The molecule has 2 amide bonds. The minimum absolute atomic E-state index is 0.0753. The highest BCUT2D eigenvalue weighted by Gasteiger charge is 2.40. The molecule has 13 heteroatoms. The van der Waals surface area contributed by atoms with Gasteiger partial charge in [-0.05, 0) is 65.9 Å². The number of fused-ring (bicyclic) bond motifs is 1. The quantitative estimate of drug-likeness (QED) is 0.0948. The molecule has 4 aromatic carbocycles. The molecule has 0 radical (unpaired) electrons. The molecule has 1 aliphatic rings. The van der Waals surface area contributed by atoms with Crippen LogP contribution in [0.5, 0.6) is 11.5 Å². The smallest absolute Gasteiger partial charge is 0.345 e. The van der Waals surface area contributed by atoms with Crippen LogP contribution in [-0.2, 0) is 21.7 Å². The van der Waals surface area contributed by atoms with Crippen molar-refractivity contribution in [1.29, 1.82) is 0 Å². The first-order valence-corrected chi connectivity index (χ1v) is 17.2. The first kappa shape index (κ1) is 36.8. The maximum Gasteiger partial charge on any atom is 0.345 e. The second-order valence-corrected chi connectivity index (χ2v) is 13.0. The van der Waals surface area contributed by atoms with Gasteiger partial charge in [0.2, 0.25) is 11.2 Å². The Bertz CT molecular complexity index is 2150. The molecule has 6 rings (SSSR count). The second kappa shape index (κ2) is 16.1. The summed E-state index contributed by atoms with van der Waals surface area (Å²) in [6.07, 6.45) is 0.229. The number of pyridine rings is 1. The highest BCUT2D eigenvalue weighted by molar-refractivity contribution is 5.94. The minimum atomic E-state index is -2.29. The number of carbonyl (C=O) groups excluding carboxylic acids is 2. The molecule has 0 spiro atoms. The number of likely N-dealkylation sites (tertiary alicyclic amines) is 1. The number of nitrogens with zero attached hydrogens (tertiary/aromatic N) is 1. The number of carboxylic acid groups (broad SMARTS) is 1. The summed E-state index contributed by atoms with van der Waals surface area (Å²) in [6.45, 7) is 1.23. The van der Waals surface area contributed by atoms with Crippen LogP contribution in [0.3, 0.4) is 0 Å². The number of rotatable bonds is 13. The van der Waals surface area contributed by atoms with E-state index in [2.05, 4.69) is 15.6 Å². The molecule has 1 aliphatic heterocycles. The lowest BCUT2D eigenvalue weighted by Crippen LogP contribution is -2.47. The molecule has 1 aromatic heterocycles. The number of benzene rings is 4. The summed E-state index contributed by atoms with van der Waals surface area (Å²) in [4.78, 5) is 54.0. The van der Waals surface area contributed by atoms with Crippen LogP contribution in [0, 0.1) is 0 Å². The number of amides is 2. The molecule has 7 N–H and O–H groups in total. The summed E-state index contributed by atoms with van der Waals surface area (Å²) >= 11 is 0. The summed E-state index contributed by atoms with van der Waals surface area (Å²) < 4.78 is 5.71. The van der Waals surface area contributed by atoms with E-state index in [1.54, 1.807) is 59.5 Å². The van der Waals surface area contributed by atoms with Crippen molar-refractivity contribution in [2.24, 2.45) is 0 Å². The van der Waals surface area contributed by atoms with E-state index >= 15 is 0 Å². The highest BCUT2D eigenvalue weighted by Crippen LogP contribution is 2.32. The number of aromatic amines is 1. The maximum atomic E-state index is 13.0. The van der Waals surface area contributed by atoms with Crippen LogP contribution in [0.1, 0.15) is 51.6 Å². The van der Waals surface area contributed by atoms with Gasteiger partial charge in [-0.15, -0.1) is 0 Å². The summed E-state index contributed by atoms with van der Waals surface area (Å²) in [5, 5.41) is 48.7. The lowest BCUT2D eigenvalue weighted by molar-refractivity contribution is -0.155. The van der Waals surface area contributed by atoms with E-state index in [-0.39, 0.29) is 64.7 Å². The average Bonchev–Trinajstić information content (AvgIpc) is 3.17. The van der Waals surface area contributed by atoms with E-state index in [9.17, 15) is 39.6 Å². The molecule has 1 fully saturated rings. The molecule has 1 saturated heterocycles. The number of piperidine rings is 1. The Morgan fingerprint density at radius 1 is 0.906 bits per heavy atom. The summed E-state index contributed by atoms with van der Waals surface area (Å²) in [7, 11) is 0. The summed E-state index contributed by atoms with van der Waals surface area (Å²) in [6, 6.07) is 27.1. The second-order valence-electron chi connectivity index (χ2n) is 13.0. The molecule has 0 unspecified atom stereocenters. The van der Waals surface area contributed by atoms with Crippen molar-refractivity contribution in [2.45, 2.75) is 37.1 Å². The van der Waals surface area contributed by atoms with Crippen molar-refractivity contribution in [3.63, 3.8) is 0 Å². The fourth-order valence-corrected chi connectivity index (χ4v) is 6.47. The fourth-order valence-electron chi connectivity index (χ4n) is 6.47. The third kappa shape index (κ3) is 8.39. The number of aliphatic hydroxyl groups excluding tert-OH is 1. The Balaban J connectivity index is 0.941. The fraction of sp³-hybridized carbons (Fsp3) is 0.250. The van der Waals surface area contributed by atoms with E-state index in [1.165, 1.54) is 36.4 Å². The van der Waals surface area contributed by atoms with Crippen molar-refractivity contribution in [2.75, 3.05) is 26.2 Å². The van der Waals surface area contributed by atoms with Gasteiger partial charge < -0.3 is 45.7 Å². The zero-order chi connectivity index (χ0) is 37.5. The molecule has 2 heterocycles. The molecule has 274 valence electrons. The van der Waals surface area contributed by atoms with E-state index in [1.807, 2.05) is 12.1 Å². The molecular formula is C40H40N4O9. The number of hydrogen-bond donors (Lipinski definition) is 7. The van der Waals surface area contributed by atoms with Gasteiger partial charge in [0.1, 0.15) is 11.5 Å². The molecule has 0 bridgehead atoms. The van der Waals surface area contributed by atoms with Crippen LogP contribution in [0.2, 0.25) is 0 Å². The van der Waals surface area contributed by atoms with Crippen LogP contribution in [0.15, 0.2) is 108 Å². The van der Waals surface area contributed by atoms with E-state index < -0.39 is 17.7 Å². The Hall–Kier alpha value is -6.02. The lowest BCUT2D eigenvalue weighted by atomic mass is 9.86. The van der Waals surface area contributed by atoms with E-state index in [4.69, 9.17) is 4.74 Å². The maximum absolute atomic E-state index is 13.0. The third-order valence-corrected chi connectivity index (χ3v) is 9.45. The standard InChI is InChI=1S/C40H40N4O9/c45-33-15-13-31(32-14-16-35(47)43-37(32)33)34(46)23-41-22-25-9-11-26(12-10-25)38(49)42-29-17-19-44(20-18-29)36(48)24-53-30-8-4-7-28(21-30)40(52,39(50)51)27-5-2-1-3-6-27/h1-16,21,29,34,41,45-46,52H,17-20,22-24H2,(H,42,49)(H,43,47)(H,50,51)/t34-,40-/m0/s1. The first-order chi connectivity index (χ1) is 25.5. The van der Waals surface area contributed by atoms with Crippen LogP contribution in [-0.4, -0.2) is 80.4 Å². The molecular weight excluding hydrogens is 680 g/mol. The van der Waals surface area contributed by atoms with Crippen LogP contribution in [0.4, 0.5) is 0 Å². The number of carboxylic acids is 1. The number of hydrogen-bond acceptors (Lipinski definition) is 9. The van der Waals surface area contributed by atoms with Gasteiger partial charge >= 0.3 is 5.97 Å². The molecule has 5 aromatic rings. The van der Waals surface area contributed by atoms with E-state index in [0.717, 1.165) is 5.56 Å². The number of aliphatic carboxylic acids is 1. The normalized spacial score (nSPS) is 15.0. The molecule has 0 saturated carbocycles. The minimum Gasteiger partial charge on any atom is -0.506 e. The zero-order valence-corrected chi connectivity index (χ0v) is 28.7. The Morgan fingerprint density at radius 3 is 2.34 bits per heavy atom. The number of aromatic nitrogens is 1. The van der Waals surface area contributed by atoms with E-state index in [0.29, 0.717) is 49.0 Å². The first-order valence-electron chi connectivity index (χ1n) is 17.2. The zero-order valence-electron chi connectivity index (χ0n) is 28.7. The van der Waals surface area contributed by atoms with Crippen LogP contribution >= 0.6 is 0 Å². The number of nitrogens with one attached hydrogen (secondary N) is 3. The predicted octanol–water partition coefficient (Wildman–Crippen LogP) is 3.18. The number of H-pyrrole nitrogens is 1. The summed E-state index contributed by atoms with van der Waals surface area (Å²) in [5.74, 6) is -1.74. The van der Waals surface area contributed by atoms with Crippen LogP contribution in [0.25, 0.3) is 10.9 Å². The molecule has 0 aliphatic carbocycles. The SMILES string of the molecule is O=C(NC1CCN(C(=O)COc2cccc([C@](O)(C(=O)O)c3ccccc3)c2)CC1)c1ccc(CNC[C@H](O)c2ccc(O)c3[nH]c(=O)ccc23)cc1. The lowest BCUT2D eigenvalue weighted by Gasteiger charge is -2.32. The summed E-state index contributed by atoms with van der Waals surface area (Å²) in [5.41, 5.74) is -0.117. The third-order valence-electron chi connectivity index (χ3n) is 9.45. The monoisotopic (exact) mass is 720 g/mol. The highest BCUT2D eigenvalue weighted by atomic mass is 16.5. The van der Waals surface area contributed by atoms with Gasteiger partial charge in [-0.3, -0.25) is 14.4 Å². The van der Waals surface area contributed by atoms with Gasteiger partial charge in [0.25, 0.3) is 11.8 Å². The largest absolute Gasteiger partial charge is 0.506 e. The van der Waals surface area contributed by atoms with Gasteiger partial charge in [0.15, 0.2) is 6.61 Å². The Kier molecular flexibility index (Phi) is 11.2. The van der Waals surface area contributed by atoms with Crippen molar-refractivity contribution < 1.29 is 39.5 Å². The van der Waals surface area contributed by atoms with Crippen LogP contribution < -0.4 is 20.9 Å². The van der Waals surface area contributed by atoms with Crippen molar-refractivity contribution in [3.8, 4) is 11.5 Å². The van der Waals surface area contributed by atoms with Crippen molar-refractivity contribution in [3.05, 3.63) is 141 Å². The Labute approximate surface area is 304 Å². The number of phenolic OH excluding ortho intramolecular Hbond substituents is 1. The average molecular weight is 721 g/mol. The molecule has 13 nitrogen and oxygen atoms in total. The van der Waals surface area contributed by atoms with Gasteiger partial charge in [0.05, 0.1) is 11.6 Å². The van der Waals surface area contributed by atoms with Gasteiger partial charge in [-0.2, -0.15) is 0 Å². The van der Waals surface area contributed by atoms with Crippen molar-refractivity contribution in [1.82, 2.24) is 20.5 Å².